The van der Waals surface area contributed by atoms with Crippen LogP contribution in [-0.4, -0.2) is 39.0 Å². The third-order valence-corrected chi connectivity index (χ3v) is 4.77. The first kappa shape index (κ1) is 17.4. The van der Waals surface area contributed by atoms with Crippen LogP contribution in [0.3, 0.4) is 0 Å². The molecule has 4 rings (SSSR count). The molecule has 1 aromatic carbocycles. The number of aromatic nitrogens is 4. The second kappa shape index (κ2) is 7.32. The van der Waals surface area contributed by atoms with Gasteiger partial charge in [-0.2, -0.15) is 0 Å². The predicted molar refractivity (Wildman–Crippen MR) is 101 cm³/mol. The van der Waals surface area contributed by atoms with Gasteiger partial charge < -0.3 is 15.1 Å². The SMILES string of the molecule is Cc1coc(-c2cc(NC(=O)c3cn(C4CCNCC4)nn3)ccc2C)n1. The van der Waals surface area contributed by atoms with Crippen LogP contribution < -0.4 is 10.6 Å². The summed E-state index contributed by atoms with van der Waals surface area (Å²) in [7, 11) is 0. The topological polar surface area (TPSA) is 97.9 Å². The average molecular weight is 366 g/mol. The molecule has 2 aromatic heterocycles. The number of rotatable bonds is 4. The average Bonchev–Trinajstić information content (AvgIpc) is 3.33. The molecule has 1 fully saturated rings. The number of carbonyl (C=O) groups excluding carboxylic acids is 1. The molecule has 0 bridgehead atoms. The molecule has 3 heterocycles. The maximum absolute atomic E-state index is 12.6. The van der Waals surface area contributed by atoms with Gasteiger partial charge in [0.1, 0.15) is 6.26 Å². The molecule has 0 saturated carbocycles. The van der Waals surface area contributed by atoms with Gasteiger partial charge in [0.2, 0.25) is 5.89 Å². The zero-order chi connectivity index (χ0) is 18.8. The molecule has 0 unspecified atom stereocenters. The van der Waals surface area contributed by atoms with E-state index in [9.17, 15) is 4.79 Å². The third-order valence-electron chi connectivity index (χ3n) is 4.77. The van der Waals surface area contributed by atoms with Gasteiger partial charge in [0.25, 0.3) is 5.91 Å². The first-order chi connectivity index (χ1) is 13.1. The number of oxazole rings is 1. The number of anilines is 1. The van der Waals surface area contributed by atoms with Crippen LogP contribution in [0.5, 0.6) is 0 Å². The van der Waals surface area contributed by atoms with Crippen molar-refractivity contribution >= 4 is 11.6 Å². The van der Waals surface area contributed by atoms with Crippen molar-refractivity contribution in [2.24, 2.45) is 0 Å². The normalized spacial score (nSPS) is 15.0. The Labute approximate surface area is 157 Å². The van der Waals surface area contributed by atoms with E-state index >= 15 is 0 Å². The van der Waals surface area contributed by atoms with E-state index in [0.29, 0.717) is 23.3 Å². The Morgan fingerprint density at radius 3 is 2.85 bits per heavy atom. The minimum absolute atomic E-state index is 0.284. The monoisotopic (exact) mass is 366 g/mol. The molecule has 140 valence electrons. The Bertz CT molecular complexity index is 955. The number of hydrogen-bond acceptors (Lipinski definition) is 6. The van der Waals surface area contributed by atoms with Crippen molar-refractivity contribution in [3.63, 3.8) is 0 Å². The molecule has 27 heavy (non-hydrogen) atoms. The van der Waals surface area contributed by atoms with E-state index in [1.165, 1.54) is 0 Å². The summed E-state index contributed by atoms with van der Waals surface area (Å²) in [5.41, 5.74) is 3.65. The standard InChI is InChI=1S/C19H22N6O2/c1-12-3-4-14(9-16(12)19-21-13(2)11-27-19)22-18(26)17-10-25(24-23-17)15-5-7-20-8-6-15/h3-4,9-11,15,20H,5-8H2,1-2H3,(H,22,26). The summed E-state index contributed by atoms with van der Waals surface area (Å²) in [4.78, 5) is 16.9. The molecule has 0 spiro atoms. The van der Waals surface area contributed by atoms with E-state index in [-0.39, 0.29) is 5.91 Å². The lowest BCUT2D eigenvalue weighted by Crippen LogP contribution is -2.29. The minimum Gasteiger partial charge on any atom is -0.444 e. The van der Waals surface area contributed by atoms with Crippen molar-refractivity contribution in [3.8, 4) is 11.5 Å². The zero-order valence-electron chi connectivity index (χ0n) is 15.4. The fourth-order valence-corrected chi connectivity index (χ4v) is 3.23. The Hall–Kier alpha value is -3.00. The zero-order valence-corrected chi connectivity index (χ0v) is 15.4. The van der Waals surface area contributed by atoms with Gasteiger partial charge >= 0.3 is 0 Å². The number of aryl methyl sites for hydroxylation is 2. The number of amides is 1. The van der Waals surface area contributed by atoms with Crippen LogP contribution in [0.1, 0.15) is 40.6 Å². The van der Waals surface area contributed by atoms with Gasteiger partial charge in [0, 0.05) is 11.3 Å². The minimum atomic E-state index is -0.284. The first-order valence-electron chi connectivity index (χ1n) is 9.07. The maximum Gasteiger partial charge on any atom is 0.277 e. The number of piperidine rings is 1. The lowest BCUT2D eigenvalue weighted by atomic mass is 10.1. The molecule has 0 aliphatic carbocycles. The largest absolute Gasteiger partial charge is 0.444 e. The molecule has 2 N–H and O–H groups in total. The smallest absolute Gasteiger partial charge is 0.277 e. The summed E-state index contributed by atoms with van der Waals surface area (Å²) < 4.78 is 7.29. The second-order valence-electron chi connectivity index (χ2n) is 6.84. The molecule has 8 nitrogen and oxygen atoms in total. The van der Waals surface area contributed by atoms with Crippen LogP contribution >= 0.6 is 0 Å². The predicted octanol–water partition coefficient (Wildman–Crippen LogP) is 2.73. The van der Waals surface area contributed by atoms with Gasteiger partial charge in [0.15, 0.2) is 5.69 Å². The Morgan fingerprint density at radius 2 is 2.11 bits per heavy atom. The summed E-state index contributed by atoms with van der Waals surface area (Å²) >= 11 is 0. The summed E-state index contributed by atoms with van der Waals surface area (Å²) in [5.74, 6) is 0.256. The van der Waals surface area contributed by atoms with Crippen LogP contribution in [0.25, 0.3) is 11.5 Å². The molecule has 1 saturated heterocycles. The van der Waals surface area contributed by atoms with E-state index in [1.807, 2.05) is 32.0 Å². The number of nitrogens with zero attached hydrogens (tertiary/aromatic N) is 4. The molecule has 3 aromatic rings. The molecular formula is C19H22N6O2. The Kier molecular flexibility index (Phi) is 4.72. The van der Waals surface area contributed by atoms with Gasteiger partial charge in [0.05, 0.1) is 17.9 Å². The van der Waals surface area contributed by atoms with Crippen molar-refractivity contribution in [1.29, 1.82) is 0 Å². The van der Waals surface area contributed by atoms with Crippen molar-refractivity contribution in [1.82, 2.24) is 25.3 Å². The van der Waals surface area contributed by atoms with Gasteiger partial charge in [-0.05, 0) is 57.5 Å². The number of nitrogens with one attached hydrogen (secondary N) is 2. The summed E-state index contributed by atoms with van der Waals surface area (Å²) in [5, 5.41) is 14.4. The van der Waals surface area contributed by atoms with E-state index in [2.05, 4.69) is 25.9 Å². The maximum atomic E-state index is 12.6. The summed E-state index contributed by atoms with van der Waals surface area (Å²) in [6, 6.07) is 5.93. The highest BCUT2D eigenvalue weighted by Gasteiger charge is 2.19. The number of benzene rings is 1. The fourth-order valence-electron chi connectivity index (χ4n) is 3.23. The van der Waals surface area contributed by atoms with Crippen LogP contribution in [-0.2, 0) is 0 Å². The van der Waals surface area contributed by atoms with E-state index < -0.39 is 0 Å². The highest BCUT2D eigenvalue weighted by atomic mass is 16.3. The highest BCUT2D eigenvalue weighted by Crippen LogP contribution is 2.26. The molecule has 1 aliphatic heterocycles. The van der Waals surface area contributed by atoms with E-state index in [0.717, 1.165) is 42.8 Å². The fraction of sp³-hybridized carbons (Fsp3) is 0.368. The Balaban J connectivity index is 1.50. The molecular weight excluding hydrogens is 344 g/mol. The summed E-state index contributed by atoms with van der Waals surface area (Å²) in [6.07, 6.45) is 5.31. The molecule has 1 amide bonds. The highest BCUT2D eigenvalue weighted by molar-refractivity contribution is 6.02. The van der Waals surface area contributed by atoms with Gasteiger partial charge in [-0.1, -0.05) is 11.3 Å². The lowest BCUT2D eigenvalue weighted by Gasteiger charge is -2.22. The van der Waals surface area contributed by atoms with E-state index in [4.69, 9.17) is 4.42 Å². The molecule has 0 atom stereocenters. The lowest BCUT2D eigenvalue weighted by molar-refractivity contribution is 0.102. The Morgan fingerprint density at radius 1 is 1.30 bits per heavy atom. The van der Waals surface area contributed by atoms with Crippen LogP contribution in [0.15, 0.2) is 35.1 Å². The van der Waals surface area contributed by atoms with Gasteiger partial charge in [-0.3, -0.25) is 4.79 Å². The van der Waals surface area contributed by atoms with Crippen LogP contribution in [0.4, 0.5) is 5.69 Å². The van der Waals surface area contributed by atoms with Crippen molar-refractivity contribution in [2.45, 2.75) is 32.7 Å². The summed E-state index contributed by atoms with van der Waals surface area (Å²) in [6.45, 7) is 5.77. The van der Waals surface area contributed by atoms with E-state index in [1.54, 1.807) is 17.1 Å². The molecule has 8 heteroatoms. The van der Waals surface area contributed by atoms with Crippen LogP contribution in [0, 0.1) is 13.8 Å². The second-order valence-corrected chi connectivity index (χ2v) is 6.84. The molecule has 0 radical (unpaired) electrons. The third kappa shape index (κ3) is 3.75. The quantitative estimate of drug-likeness (QED) is 0.737. The van der Waals surface area contributed by atoms with Crippen molar-refractivity contribution < 1.29 is 9.21 Å². The van der Waals surface area contributed by atoms with Gasteiger partial charge in [-0.25, -0.2) is 9.67 Å². The van der Waals surface area contributed by atoms with Crippen molar-refractivity contribution in [2.75, 3.05) is 18.4 Å². The van der Waals surface area contributed by atoms with Crippen molar-refractivity contribution in [3.05, 3.63) is 47.6 Å². The van der Waals surface area contributed by atoms with Crippen LogP contribution in [0.2, 0.25) is 0 Å². The number of carbonyl (C=O) groups is 1. The van der Waals surface area contributed by atoms with Gasteiger partial charge in [-0.15, -0.1) is 5.10 Å². The number of hydrogen-bond donors (Lipinski definition) is 2. The molecule has 1 aliphatic rings. The first-order valence-corrected chi connectivity index (χ1v) is 9.07.